The van der Waals surface area contributed by atoms with Gasteiger partial charge in [0, 0.05) is 38.8 Å². The summed E-state index contributed by atoms with van der Waals surface area (Å²) in [5, 5.41) is 5.76. The first kappa shape index (κ1) is 24.2. The molecule has 37 heavy (non-hydrogen) atoms. The number of carbonyl (C=O) groups is 1. The van der Waals surface area contributed by atoms with E-state index in [1.54, 1.807) is 17.3 Å². The number of nitrogens with zero attached hydrogens (tertiary/aromatic N) is 6. The largest absolute Gasteiger partial charge is 0.365 e. The molecule has 9 nitrogen and oxygen atoms in total. The van der Waals surface area contributed by atoms with Crippen molar-refractivity contribution in [2.45, 2.75) is 6.54 Å². The SMILES string of the molecule is C=CCNc1nc(N2CCN(C(=O)Nc3ccc(F)cc3F)CC2)nc2c1ncn2Cc1ccccc1. The second-order valence-corrected chi connectivity index (χ2v) is 8.60. The van der Waals surface area contributed by atoms with Gasteiger partial charge in [-0.1, -0.05) is 36.4 Å². The van der Waals surface area contributed by atoms with Crippen molar-refractivity contribution in [2.24, 2.45) is 0 Å². The van der Waals surface area contributed by atoms with Gasteiger partial charge in [0.05, 0.1) is 18.6 Å². The number of hydrogen-bond acceptors (Lipinski definition) is 6. The first-order valence-corrected chi connectivity index (χ1v) is 11.9. The summed E-state index contributed by atoms with van der Waals surface area (Å²) in [4.78, 5) is 30.3. The summed E-state index contributed by atoms with van der Waals surface area (Å²) in [7, 11) is 0. The third-order valence-electron chi connectivity index (χ3n) is 6.08. The molecule has 5 rings (SSSR count). The Bertz CT molecular complexity index is 1420. The Morgan fingerprint density at radius 2 is 1.84 bits per heavy atom. The topological polar surface area (TPSA) is 91.2 Å². The van der Waals surface area contributed by atoms with Crippen LogP contribution in [0.15, 0.2) is 67.5 Å². The maximum Gasteiger partial charge on any atom is 0.322 e. The molecule has 1 aliphatic heterocycles. The number of aromatic nitrogens is 4. The summed E-state index contributed by atoms with van der Waals surface area (Å²) >= 11 is 0. The lowest BCUT2D eigenvalue weighted by Crippen LogP contribution is -2.50. The second-order valence-electron chi connectivity index (χ2n) is 8.60. The Hall–Kier alpha value is -4.54. The van der Waals surface area contributed by atoms with Crippen LogP contribution in [0.1, 0.15) is 5.56 Å². The summed E-state index contributed by atoms with van der Waals surface area (Å²) in [6.07, 6.45) is 3.50. The number of amides is 2. The number of rotatable bonds is 7. The number of urea groups is 1. The monoisotopic (exact) mass is 504 g/mol. The van der Waals surface area contributed by atoms with Crippen molar-refractivity contribution in [3.8, 4) is 0 Å². The van der Waals surface area contributed by atoms with Crippen molar-refractivity contribution >= 4 is 34.6 Å². The van der Waals surface area contributed by atoms with Crippen LogP contribution < -0.4 is 15.5 Å². The van der Waals surface area contributed by atoms with E-state index in [2.05, 4.69) is 22.2 Å². The van der Waals surface area contributed by atoms with Crippen LogP contribution in [0, 0.1) is 11.6 Å². The molecule has 0 aliphatic carbocycles. The zero-order valence-electron chi connectivity index (χ0n) is 20.1. The van der Waals surface area contributed by atoms with E-state index in [1.807, 2.05) is 39.8 Å². The standard InChI is InChI=1S/C26H26F2N8O/c1-2-10-29-23-22-24(36(17-30-22)16-18-6-4-3-5-7-18)33-25(32-23)34-11-13-35(14-12-34)26(37)31-21-9-8-19(27)15-20(21)28/h2-9,15,17H,1,10-14,16H2,(H,31,37)(H,29,32,33). The van der Waals surface area contributed by atoms with Crippen molar-refractivity contribution in [1.29, 1.82) is 0 Å². The van der Waals surface area contributed by atoms with Gasteiger partial charge in [-0.3, -0.25) is 0 Å². The van der Waals surface area contributed by atoms with Crippen LogP contribution in [0.5, 0.6) is 0 Å². The molecule has 0 spiro atoms. The molecule has 1 fully saturated rings. The molecule has 3 heterocycles. The summed E-state index contributed by atoms with van der Waals surface area (Å²) in [6, 6.07) is 12.7. The first-order valence-electron chi connectivity index (χ1n) is 11.9. The van der Waals surface area contributed by atoms with E-state index in [0.29, 0.717) is 62.2 Å². The van der Waals surface area contributed by atoms with E-state index in [4.69, 9.17) is 9.97 Å². The highest BCUT2D eigenvalue weighted by atomic mass is 19.1. The summed E-state index contributed by atoms with van der Waals surface area (Å²) < 4.78 is 29.1. The Morgan fingerprint density at radius 1 is 1.05 bits per heavy atom. The summed E-state index contributed by atoms with van der Waals surface area (Å²) in [6.45, 7) is 6.64. The quantitative estimate of drug-likeness (QED) is 0.368. The molecule has 1 saturated heterocycles. The van der Waals surface area contributed by atoms with Crippen LogP contribution in [0.2, 0.25) is 0 Å². The van der Waals surface area contributed by atoms with E-state index in [1.165, 1.54) is 6.07 Å². The Morgan fingerprint density at radius 3 is 2.57 bits per heavy atom. The highest BCUT2D eigenvalue weighted by Gasteiger charge is 2.25. The number of halogens is 2. The number of benzene rings is 2. The van der Waals surface area contributed by atoms with Crippen LogP contribution in [0.3, 0.4) is 0 Å². The minimum atomic E-state index is -0.819. The molecular formula is C26H26F2N8O. The van der Waals surface area contributed by atoms with Crippen LogP contribution >= 0.6 is 0 Å². The molecule has 2 amide bonds. The van der Waals surface area contributed by atoms with Gasteiger partial charge in [0.1, 0.15) is 11.6 Å². The van der Waals surface area contributed by atoms with E-state index in [9.17, 15) is 13.6 Å². The fraction of sp³-hybridized carbons (Fsp3) is 0.231. The zero-order valence-corrected chi connectivity index (χ0v) is 20.1. The number of anilines is 3. The van der Waals surface area contributed by atoms with Gasteiger partial charge in [-0.05, 0) is 17.7 Å². The van der Waals surface area contributed by atoms with Gasteiger partial charge in [0.25, 0.3) is 0 Å². The molecule has 190 valence electrons. The summed E-state index contributed by atoms with van der Waals surface area (Å²) in [5.74, 6) is -0.384. The van der Waals surface area contributed by atoms with Crippen molar-refractivity contribution in [2.75, 3.05) is 48.3 Å². The molecule has 2 N–H and O–H groups in total. The lowest BCUT2D eigenvalue weighted by molar-refractivity contribution is 0.208. The average Bonchev–Trinajstić information content (AvgIpc) is 3.32. The van der Waals surface area contributed by atoms with Crippen molar-refractivity contribution in [1.82, 2.24) is 24.4 Å². The molecule has 11 heteroatoms. The molecule has 1 aliphatic rings. The maximum absolute atomic E-state index is 13.9. The summed E-state index contributed by atoms with van der Waals surface area (Å²) in [5.41, 5.74) is 2.43. The van der Waals surface area contributed by atoms with Gasteiger partial charge in [0.2, 0.25) is 5.95 Å². The minimum Gasteiger partial charge on any atom is -0.365 e. The molecule has 0 unspecified atom stereocenters. The fourth-order valence-electron chi connectivity index (χ4n) is 4.16. The number of carbonyl (C=O) groups excluding carboxylic acids is 1. The van der Waals surface area contributed by atoms with Crippen LogP contribution in [0.4, 0.5) is 31.0 Å². The van der Waals surface area contributed by atoms with E-state index in [-0.39, 0.29) is 5.69 Å². The molecule has 0 saturated carbocycles. The van der Waals surface area contributed by atoms with Crippen LogP contribution in [0.25, 0.3) is 11.2 Å². The molecular weight excluding hydrogens is 478 g/mol. The molecule has 4 aromatic rings. The smallest absolute Gasteiger partial charge is 0.322 e. The van der Waals surface area contributed by atoms with E-state index < -0.39 is 17.7 Å². The highest BCUT2D eigenvalue weighted by Crippen LogP contribution is 2.24. The lowest BCUT2D eigenvalue weighted by atomic mass is 10.2. The predicted octanol–water partition coefficient (Wildman–Crippen LogP) is 4.10. The average molecular weight is 505 g/mol. The van der Waals surface area contributed by atoms with Gasteiger partial charge >= 0.3 is 6.03 Å². The van der Waals surface area contributed by atoms with Crippen molar-refractivity contribution < 1.29 is 13.6 Å². The van der Waals surface area contributed by atoms with Gasteiger partial charge in [-0.2, -0.15) is 9.97 Å². The minimum absolute atomic E-state index is 0.0628. The molecule has 0 atom stereocenters. The highest BCUT2D eigenvalue weighted by molar-refractivity contribution is 5.89. The Balaban J connectivity index is 1.33. The van der Waals surface area contributed by atoms with E-state index >= 15 is 0 Å². The van der Waals surface area contributed by atoms with Crippen LogP contribution in [-0.2, 0) is 6.54 Å². The normalized spacial score (nSPS) is 13.6. The van der Waals surface area contributed by atoms with Crippen molar-refractivity contribution in [3.05, 3.63) is 84.7 Å². The molecule has 2 aromatic heterocycles. The number of fused-ring (bicyclic) bond motifs is 1. The van der Waals surface area contributed by atoms with Gasteiger partial charge < -0.3 is 25.0 Å². The number of hydrogen-bond donors (Lipinski definition) is 2. The molecule has 0 radical (unpaired) electrons. The second kappa shape index (κ2) is 10.6. The molecule has 2 aromatic carbocycles. The Labute approximate surface area is 212 Å². The number of imidazole rings is 1. The van der Waals surface area contributed by atoms with Crippen molar-refractivity contribution in [3.63, 3.8) is 0 Å². The zero-order chi connectivity index (χ0) is 25.8. The lowest BCUT2D eigenvalue weighted by Gasteiger charge is -2.34. The van der Waals surface area contributed by atoms with Gasteiger partial charge in [0.15, 0.2) is 17.0 Å². The third kappa shape index (κ3) is 5.35. The predicted molar refractivity (Wildman–Crippen MR) is 139 cm³/mol. The van der Waals surface area contributed by atoms with Gasteiger partial charge in [-0.25, -0.2) is 18.6 Å². The third-order valence-corrected chi connectivity index (χ3v) is 6.08. The van der Waals surface area contributed by atoms with Crippen LogP contribution in [-0.4, -0.2) is 63.2 Å². The van der Waals surface area contributed by atoms with E-state index in [0.717, 1.165) is 17.7 Å². The number of nitrogens with one attached hydrogen (secondary N) is 2. The molecule has 0 bridgehead atoms. The fourth-order valence-corrected chi connectivity index (χ4v) is 4.16. The number of piperazine rings is 1. The first-order chi connectivity index (χ1) is 18.0. The Kier molecular flexibility index (Phi) is 6.93. The van der Waals surface area contributed by atoms with Gasteiger partial charge in [-0.15, -0.1) is 6.58 Å². The maximum atomic E-state index is 13.9.